The first-order chi connectivity index (χ1) is 23.2. The summed E-state index contributed by atoms with van der Waals surface area (Å²) in [6.45, 7) is 14.6. The largest absolute Gasteiger partial charge is 0.394 e. The summed E-state index contributed by atoms with van der Waals surface area (Å²) in [5.74, 6) is -1.89. The van der Waals surface area contributed by atoms with Gasteiger partial charge in [0.25, 0.3) is 5.91 Å². The summed E-state index contributed by atoms with van der Waals surface area (Å²) in [6, 6.07) is 23.6. The number of hydrogen-bond donors (Lipinski definition) is 1. The van der Waals surface area contributed by atoms with E-state index >= 15 is 9.59 Å². The van der Waals surface area contributed by atoms with Crippen LogP contribution in [-0.2, 0) is 20.9 Å². The topological polar surface area (TPSA) is 81.2 Å². The number of carbonyl (C=O) groups excluding carboxylic acids is 3. The van der Waals surface area contributed by atoms with Gasteiger partial charge in [-0.25, -0.2) is 0 Å². The number of anilines is 1. The van der Waals surface area contributed by atoms with Gasteiger partial charge in [-0.05, 0) is 54.5 Å². The van der Waals surface area contributed by atoms with Gasteiger partial charge >= 0.3 is 0 Å². The quantitative estimate of drug-likeness (QED) is 0.237. The fourth-order valence-corrected chi connectivity index (χ4v) is 10.8. The van der Waals surface area contributed by atoms with Gasteiger partial charge in [0.2, 0.25) is 11.8 Å². The van der Waals surface area contributed by atoms with Crippen molar-refractivity contribution in [3.8, 4) is 0 Å². The summed E-state index contributed by atoms with van der Waals surface area (Å²) in [6.07, 6.45) is 4.15. The maximum Gasteiger partial charge on any atom is 0.251 e. The molecule has 8 heteroatoms. The van der Waals surface area contributed by atoms with E-state index in [1.165, 1.54) is 0 Å². The Balaban J connectivity index is 1.49. The molecule has 250 valence electrons. The molecule has 0 aliphatic carbocycles. The zero-order chi connectivity index (χ0) is 34.2. The third kappa shape index (κ3) is 5.59. The monoisotopic (exact) mass is 663 g/mol. The van der Waals surface area contributed by atoms with E-state index in [2.05, 4.69) is 20.1 Å². The Labute approximate surface area is 288 Å². The van der Waals surface area contributed by atoms with Gasteiger partial charge in [-0.2, -0.15) is 0 Å². The van der Waals surface area contributed by atoms with Gasteiger partial charge in [0, 0.05) is 30.6 Å². The van der Waals surface area contributed by atoms with Gasteiger partial charge in [-0.1, -0.05) is 91.9 Å². The molecule has 1 N–H and O–H groups in total. The normalized spacial score (nSPS) is 26.2. The molecular weight excluding hydrogens is 619 g/mol. The van der Waals surface area contributed by atoms with Crippen LogP contribution in [0, 0.1) is 31.6 Å². The van der Waals surface area contributed by atoms with E-state index in [4.69, 9.17) is 0 Å². The molecule has 0 saturated carbocycles. The van der Waals surface area contributed by atoms with Crippen LogP contribution in [0.1, 0.15) is 41.6 Å². The maximum absolute atomic E-state index is 15.3. The Morgan fingerprint density at radius 1 is 1.00 bits per heavy atom. The van der Waals surface area contributed by atoms with Crippen LogP contribution >= 0.6 is 11.8 Å². The lowest BCUT2D eigenvalue weighted by Crippen LogP contribution is -2.58. The number of aliphatic hydroxyl groups is 1. The summed E-state index contributed by atoms with van der Waals surface area (Å²) in [5, 5.41) is 10.9. The number of carbonyl (C=O) groups is 3. The number of rotatable bonds is 12. The maximum atomic E-state index is 15.3. The second kappa shape index (κ2) is 13.8. The molecule has 3 aromatic carbocycles. The number of amides is 3. The molecule has 7 atom stereocenters. The summed E-state index contributed by atoms with van der Waals surface area (Å²) < 4.78 is -0.856. The van der Waals surface area contributed by atoms with Crippen LogP contribution in [0.3, 0.4) is 0 Å². The van der Waals surface area contributed by atoms with Crippen molar-refractivity contribution < 1.29 is 19.5 Å². The molecule has 3 aromatic rings. The average Bonchev–Trinajstić information content (AvgIpc) is 3.69. The number of likely N-dealkylation sites (tertiary alicyclic amines) is 1. The molecule has 0 aromatic heterocycles. The highest BCUT2D eigenvalue weighted by atomic mass is 32.2. The molecule has 3 heterocycles. The van der Waals surface area contributed by atoms with E-state index in [1.807, 2.05) is 92.7 Å². The number of hydrogen-bond acceptors (Lipinski definition) is 5. The van der Waals surface area contributed by atoms with E-state index in [0.717, 1.165) is 34.4 Å². The highest BCUT2D eigenvalue weighted by Gasteiger charge is 2.77. The Morgan fingerprint density at radius 3 is 2.31 bits per heavy atom. The van der Waals surface area contributed by atoms with E-state index in [9.17, 15) is 9.90 Å². The number of aryl methyl sites for hydroxylation is 2. The number of benzene rings is 3. The molecule has 1 spiro atoms. The standard InChI is InChI=1S/C40H45N3O4S/c1-6-20-41(24-29-14-10-8-11-15-29)37(45)34-33-23-28(5)40(48-33)35(34)38(46)43(32(25-44)30-16-12-9-13-17-30)36(40)39(47)42(21-7-2)31-22-26(3)18-19-27(31)4/h6-19,22,28,32-36,44H,1-2,20-21,23-25H2,3-5H3/t28?,32-,33+,34-,35+,36?,40?/m1/s1. The molecule has 6 rings (SSSR count). The predicted molar refractivity (Wildman–Crippen MR) is 192 cm³/mol. The molecule has 0 radical (unpaired) electrons. The van der Waals surface area contributed by atoms with Gasteiger partial charge in [0.1, 0.15) is 6.04 Å². The van der Waals surface area contributed by atoms with Crippen molar-refractivity contribution in [2.75, 3.05) is 24.6 Å². The highest BCUT2D eigenvalue weighted by Crippen LogP contribution is 2.69. The first kappa shape index (κ1) is 33.7. The van der Waals surface area contributed by atoms with Gasteiger partial charge in [-0.15, -0.1) is 24.9 Å². The van der Waals surface area contributed by atoms with E-state index in [0.29, 0.717) is 13.1 Å². The minimum atomic E-state index is -0.906. The lowest BCUT2D eigenvalue weighted by Gasteiger charge is -2.42. The van der Waals surface area contributed by atoms with Crippen molar-refractivity contribution in [2.24, 2.45) is 17.8 Å². The van der Waals surface area contributed by atoms with Crippen LogP contribution < -0.4 is 4.90 Å². The minimum Gasteiger partial charge on any atom is -0.394 e. The van der Waals surface area contributed by atoms with Gasteiger partial charge < -0.3 is 19.8 Å². The number of fused-ring (bicyclic) bond motifs is 1. The Kier molecular flexibility index (Phi) is 9.68. The second-order valence-corrected chi connectivity index (χ2v) is 15.0. The van der Waals surface area contributed by atoms with Crippen LogP contribution in [0.25, 0.3) is 0 Å². The Morgan fingerprint density at radius 2 is 1.67 bits per heavy atom. The first-order valence-electron chi connectivity index (χ1n) is 16.8. The van der Waals surface area contributed by atoms with Crippen LogP contribution in [-0.4, -0.2) is 68.4 Å². The molecule has 48 heavy (non-hydrogen) atoms. The lowest BCUT2D eigenvalue weighted by molar-refractivity contribution is -0.146. The highest BCUT2D eigenvalue weighted by molar-refractivity contribution is 8.02. The molecule has 3 fully saturated rings. The van der Waals surface area contributed by atoms with Crippen molar-refractivity contribution in [2.45, 2.75) is 55.8 Å². The summed E-state index contributed by atoms with van der Waals surface area (Å²) in [4.78, 5) is 50.3. The van der Waals surface area contributed by atoms with Crippen molar-refractivity contribution in [3.05, 3.63) is 126 Å². The molecular formula is C40H45N3O4S. The molecule has 7 nitrogen and oxygen atoms in total. The Bertz CT molecular complexity index is 1700. The fraction of sp³-hybridized carbons (Fsp3) is 0.375. The summed E-state index contributed by atoms with van der Waals surface area (Å²) >= 11 is 1.65. The first-order valence-corrected chi connectivity index (χ1v) is 17.6. The van der Waals surface area contributed by atoms with Gasteiger partial charge in [0.05, 0.1) is 29.2 Å². The average molecular weight is 664 g/mol. The number of aliphatic hydroxyl groups excluding tert-OH is 1. The van der Waals surface area contributed by atoms with Gasteiger partial charge in [0.15, 0.2) is 0 Å². The van der Waals surface area contributed by atoms with E-state index < -0.39 is 28.7 Å². The molecule has 3 amide bonds. The van der Waals surface area contributed by atoms with E-state index in [-0.39, 0.29) is 42.0 Å². The smallest absolute Gasteiger partial charge is 0.251 e. The van der Waals surface area contributed by atoms with Crippen LogP contribution in [0.15, 0.2) is 104 Å². The number of thioether (sulfide) groups is 1. The van der Waals surface area contributed by atoms with Crippen LogP contribution in [0.2, 0.25) is 0 Å². The zero-order valence-electron chi connectivity index (χ0n) is 28.0. The molecule has 3 aliphatic rings. The second-order valence-electron chi connectivity index (χ2n) is 13.4. The van der Waals surface area contributed by atoms with Crippen molar-refractivity contribution in [1.29, 1.82) is 0 Å². The van der Waals surface area contributed by atoms with Crippen molar-refractivity contribution >= 4 is 35.2 Å². The molecule has 2 bridgehead atoms. The molecule has 3 saturated heterocycles. The predicted octanol–water partition coefficient (Wildman–Crippen LogP) is 6.11. The summed E-state index contributed by atoms with van der Waals surface area (Å²) in [7, 11) is 0. The zero-order valence-corrected chi connectivity index (χ0v) is 28.8. The van der Waals surface area contributed by atoms with Crippen molar-refractivity contribution in [1.82, 2.24) is 9.80 Å². The Hall–Kier alpha value is -4.14. The van der Waals surface area contributed by atoms with Gasteiger partial charge in [-0.3, -0.25) is 14.4 Å². The van der Waals surface area contributed by atoms with Crippen LogP contribution in [0.4, 0.5) is 5.69 Å². The van der Waals surface area contributed by atoms with Crippen molar-refractivity contribution in [3.63, 3.8) is 0 Å². The lowest BCUT2D eigenvalue weighted by atomic mass is 9.65. The molecule has 3 unspecified atom stereocenters. The SMILES string of the molecule is C=CCN(Cc1ccccc1)C(=O)[C@@H]1[C@@H]2CC(C)C3(S2)C(C(=O)N(CC=C)c2cc(C)ccc2C)N([C@H](CO)c2ccccc2)C(=O)[C@H]13. The van der Waals surface area contributed by atoms with Crippen LogP contribution in [0.5, 0.6) is 0 Å². The molecule has 3 aliphatic heterocycles. The minimum absolute atomic E-state index is 0.0225. The third-order valence-corrected chi connectivity index (χ3v) is 12.6. The van der Waals surface area contributed by atoms with E-state index in [1.54, 1.807) is 38.6 Å². The summed E-state index contributed by atoms with van der Waals surface area (Å²) in [5.41, 5.74) is 4.47. The number of nitrogens with zero attached hydrogens (tertiary/aromatic N) is 3. The fourth-order valence-electron chi connectivity index (χ4n) is 8.38. The third-order valence-electron chi connectivity index (χ3n) is 10.5.